The van der Waals surface area contributed by atoms with Crippen LogP contribution in [0.5, 0.6) is 0 Å². The zero-order chi connectivity index (χ0) is 10.1. The predicted octanol–water partition coefficient (Wildman–Crippen LogP) is 1.99. The molecule has 0 aliphatic rings. The number of aryl methyl sites for hydroxylation is 1. The fourth-order valence-corrected chi connectivity index (χ4v) is 1.60. The number of nitrogens with two attached hydrogens (primary N) is 1. The molecule has 2 aromatic rings. The maximum atomic E-state index is 5.32. The molecular weight excluding hydrogens is 244 g/mol. The molecule has 0 spiro atoms. The molecule has 3 N–H and O–H groups in total. The summed E-state index contributed by atoms with van der Waals surface area (Å²) in [6.45, 7) is 1.86. The number of nitrogen functional groups attached to an aromatic ring is 1. The Hall–Kier alpha value is -1.20. The van der Waals surface area contributed by atoms with Crippen molar-refractivity contribution >= 4 is 32.8 Å². The molecule has 1 aromatic heterocycles. The van der Waals surface area contributed by atoms with Gasteiger partial charge in [0.05, 0.1) is 16.7 Å². The summed E-state index contributed by atoms with van der Waals surface area (Å²) in [7, 11) is 0. The second-order valence-corrected chi connectivity index (χ2v) is 3.85. The molecular formula is C9H9BrN4. The van der Waals surface area contributed by atoms with Gasteiger partial charge in [-0.3, -0.25) is 0 Å². The number of halogens is 1. The maximum Gasteiger partial charge on any atom is 0.162 e. The second kappa shape index (κ2) is 3.51. The predicted molar refractivity (Wildman–Crippen MR) is 59.8 cm³/mol. The highest BCUT2D eigenvalue weighted by Crippen LogP contribution is 2.19. The van der Waals surface area contributed by atoms with Gasteiger partial charge in [0.1, 0.15) is 0 Å². The number of nitrogens with zero attached hydrogens (tertiary/aromatic N) is 2. The number of benzene rings is 1. The van der Waals surface area contributed by atoms with Gasteiger partial charge in [0, 0.05) is 4.47 Å². The highest BCUT2D eigenvalue weighted by Gasteiger charge is 2.03. The molecule has 1 aromatic carbocycles. The Morgan fingerprint density at radius 2 is 2.07 bits per heavy atom. The van der Waals surface area contributed by atoms with Crippen molar-refractivity contribution in [1.29, 1.82) is 0 Å². The summed E-state index contributed by atoms with van der Waals surface area (Å²) in [5, 5.41) is 0. The molecule has 14 heavy (non-hydrogen) atoms. The number of aromatic nitrogens is 2. The van der Waals surface area contributed by atoms with E-state index in [-0.39, 0.29) is 0 Å². The minimum absolute atomic E-state index is 0.607. The van der Waals surface area contributed by atoms with Gasteiger partial charge in [0.2, 0.25) is 0 Å². The lowest BCUT2D eigenvalue weighted by atomic mass is 10.3. The number of nitrogens with one attached hydrogen (secondary N) is 1. The van der Waals surface area contributed by atoms with Gasteiger partial charge in [-0.05, 0) is 25.1 Å². The summed E-state index contributed by atoms with van der Waals surface area (Å²) in [5.74, 6) is 5.92. The lowest BCUT2D eigenvalue weighted by Gasteiger charge is -2.05. The van der Waals surface area contributed by atoms with Crippen molar-refractivity contribution in [1.82, 2.24) is 9.97 Å². The van der Waals surface area contributed by atoms with Crippen LogP contribution in [0.4, 0.5) is 5.82 Å². The zero-order valence-corrected chi connectivity index (χ0v) is 9.17. The first-order chi connectivity index (χ1) is 6.70. The summed E-state index contributed by atoms with van der Waals surface area (Å²) in [6.07, 6.45) is 0. The number of rotatable bonds is 1. The minimum Gasteiger partial charge on any atom is -0.307 e. The van der Waals surface area contributed by atoms with Crippen LogP contribution in [-0.2, 0) is 0 Å². The van der Waals surface area contributed by atoms with Crippen molar-refractivity contribution in [2.75, 3.05) is 5.43 Å². The number of anilines is 1. The molecule has 0 amide bonds. The molecule has 1 heterocycles. The van der Waals surface area contributed by atoms with Gasteiger partial charge in [0.25, 0.3) is 0 Å². The third kappa shape index (κ3) is 1.56. The first kappa shape index (κ1) is 9.36. The van der Waals surface area contributed by atoms with E-state index in [0.29, 0.717) is 5.82 Å². The maximum absolute atomic E-state index is 5.32. The summed E-state index contributed by atoms with van der Waals surface area (Å²) >= 11 is 3.38. The second-order valence-electron chi connectivity index (χ2n) is 2.93. The van der Waals surface area contributed by atoms with Gasteiger partial charge < -0.3 is 5.43 Å². The molecule has 0 aliphatic heterocycles. The van der Waals surface area contributed by atoms with E-state index in [1.807, 2.05) is 25.1 Å². The van der Waals surface area contributed by atoms with Crippen molar-refractivity contribution in [3.63, 3.8) is 0 Å². The van der Waals surface area contributed by atoms with Crippen LogP contribution in [0.3, 0.4) is 0 Å². The Balaban J connectivity index is 2.73. The van der Waals surface area contributed by atoms with E-state index in [9.17, 15) is 0 Å². The molecule has 0 aliphatic carbocycles. The Bertz CT molecular complexity index is 483. The fraction of sp³-hybridized carbons (Fsp3) is 0.111. The van der Waals surface area contributed by atoms with Crippen LogP contribution in [0, 0.1) is 6.92 Å². The Labute approximate surface area is 89.6 Å². The molecule has 0 saturated heterocycles. The standard InChI is InChI=1S/C9H9BrN4/c1-5-9(14-11)13-8-4-6(10)2-3-7(8)12-5/h2-4H,11H2,1H3,(H,13,14). The van der Waals surface area contributed by atoms with Crippen molar-refractivity contribution in [3.8, 4) is 0 Å². The van der Waals surface area contributed by atoms with Crippen molar-refractivity contribution < 1.29 is 0 Å². The quantitative estimate of drug-likeness (QED) is 0.602. The van der Waals surface area contributed by atoms with E-state index in [0.717, 1.165) is 21.2 Å². The summed E-state index contributed by atoms with van der Waals surface area (Å²) < 4.78 is 0.978. The molecule has 5 heteroatoms. The van der Waals surface area contributed by atoms with Gasteiger partial charge in [0.15, 0.2) is 5.82 Å². The average molecular weight is 253 g/mol. The van der Waals surface area contributed by atoms with Crippen LogP contribution in [0.25, 0.3) is 11.0 Å². The molecule has 0 saturated carbocycles. The molecule has 4 nitrogen and oxygen atoms in total. The Morgan fingerprint density at radius 3 is 2.79 bits per heavy atom. The molecule has 0 fully saturated rings. The van der Waals surface area contributed by atoms with E-state index in [1.54, 1.807) is 0 Å². The smallest absolute Gasteiger partial charge is 0.162 e. The number of hydrogen-bond acceptors (Lipinski definition) is 4. The summed E-state index contributed by atoms with van der Waals surface area (Å²) in [4.78, 5) is 8.69. The molecule has 2 rings (SSSR count). The minimum atomic E-state index is 0.607. The van der Waals surface area contributed by atoms with Crippen molar-refractivity contribution in [2.45, 2.75) is 6.92 Å². The van der Waals surface area contributed by atoms with E-state index in [4.69, 9.17) is 5.84 Å². The molecule has 0 unspecified atom stereocenters. The van der Waals surface area contributed by atoms with Crippen LogP contribution < -0.4 is 11.3 Å². The summed E-state index contributed by atoms with van der Waals surface area (Å²) in [6, 6.07) is 5.76. The Kier molecular flexibility index (Phi) is 2.35. The van der Waals surface area contributed by atoms with E-state index >= 15 is 0 Å². The molecule has 0 atom stereocenters. The monoisotopic (exact) mass is 252 g/mol. The third-order valence-corrected chi connectivity index (χ3v) is 2.43. The van der Waals surface area contributed by atoms with Crippen LogP contribution in [0.1, 0.15) is 5.69 Å². The van der Waals surface area contributed by atoms with Crippen molar-refractivity contribution in [3.05, 3.63) is 28.4 Å². The average Bonchev–Trinajstić information content (AvgIpc) is 2.17. The van der Waals surface area contributed by atoms with Gasteiger partial charge in [-0.25, -0.2) is 15.8 Å². The van der Waals surface area contributed by atoms with Crippen LogP contribution >= 0.6 is 15.9 Å². The van der Waals surface area contributed by atoms with Gasteiger partial charge in [-0.1, -0.05) is 15.9 Å². The van der Waals surface area contributed by atoms with Crippen LogP contribution in [-0.4, -0.2) is 9.97 Å². The van der Waals surface area contributed by atoms with Crippen molar-refractivity contribution in [2.24, 2.45) is 5.84 Å². The summed E-state index contributed by atoms with van der Waals surface area (Å²) in [5.41, 5.74) is 4.99. The number of hydrogen-bond donors (Lipinski definition) is 2. The highest BCUT2D eigenvalue weighted by atomic mass is 79.9. The SMILES string of the molecule is Cc1nc2ccc(Br)cc2nc1NN. The fourth-order valence-electron chi connectivity index (χ4n) is 1.25. The lowest BCUT2D eigenvalue weighted by molar-refractivity contribution is 1.14. The topological polar surface area (TPSA) is 63.8 Å². The van der Waals surface area contributed by atoms with E-state index in [1.165, 1.54) is 0 Å². The largest absolute Gasteiger partial charge is 0.307 e. The zero-order valence-electron chi connectivity index (χ0n) is 7.58. The molecule has 0 bridgehead atoms. The van der Waals surface area contributed by atoms with Crippen LogP contribution in [0.15, 0.2) is 22.7 Å². The van der Waals surface area contributed by atoms with Gasteiger partial charge >= 0.3 is 0 Å². The molecule has 0 radical (unpaired) electrons. The normalized spacial score (nSPS) is 10.5. The lowest BCUT2D eigenvalue weighted by Crippen LogP contribution is -2.11. The van der Waals surface area contributed by atoms with E-state index in [2.05, 4.69) is 31.3 Å². The van der Waals surface area contributed by atoms with Gasteiger partial charge in [-0.2, -0.15) is 0 Å². The van der Waals surface area contributed by atoms with Gasteiger partial charge in [-0.15, -0.1) is 0 Å². The Morgan fingerprint density at radius 1 is 1.29 bits per heavy atom. The first-order valence-electron chi connectivity index (χ1n) is 4.11. The van der Waals surface area contributed by atoms with E-state index < -0.39 is 0 Å². The first-order valence-corrected chi connectivity index (χ1v) is 4.90. The van der Waals surface area contributed by atoms with Crippen LogP contribution in [0.2, 0.25) is 0 Å². The highest BCUT2D eigenvalue weighted by molar-refractivity contribution is 9.10. The number of hydrazine groups is 1. The molecule has 72 valence electrons. The third-order valence-electron chi connectivity index (χ3n) is 1.94. The number of fused-ring (bicyclic) bond motifs is 1.